The van der Waals surface area contributed by atoms with Crippen molar-refractivity contribution in [1.29, 1.82) is 0 Å². The summed E-state index contributed by atoms with van der Waals surface area (Å²) in [6, 6.07) is -0.603. The van der Waals surface area contributed by atoms with Gasteiger partial charge < -0.3 is 29.7 Å². The van der Waals surface area contributed by atoms with Gasteiger partial charge in [0, 0.05) is 12.0 Å². The molecule has 60 heavy (non-hydrogen) atoms. The predicted molar refractivity (Wildman–Crippen MR) is 241 cm³/mol. The van der Waals surface area contributed by atoms with E-state index in [1.807, 2.05) is 38.2 Å². The van der Waals surface area contributed by atoms with Crippen molar-refractivity contribution in [3.63, 3.8) is 0 Å². The SMILES string of the molecule is C=Cc1c2[n-]c(c1C)/C=C1\[N-][C@@H](C3=c4[n-]/c(c(C)c4C(=O)[C@@H]3C(=O)OC)=C\c3[n-]c(c(C)c3CC)C2)[C@@H](CCC(=O)OC/C=C(\C)CCC[C@H](C)CCCC(C)C)[C@@H]1C.[Mg+2]. The molecule has 318 valence electrons. The second-order valence-electron chi connectivity index (χ2n) is 17.7. The third-order valence-electron chi connectivity index (χ3n) is 13.2. The summed E-state index contributed by atoms with van der Waals surface area (Å²) in [5.74, 6) is -1.31. The molecule has 0 aromatic carbocycles. The summed E-state index contributed by atoms with van der Waals surface area (Å²) in [5, 5.41) is 6.45. The van der Waals surface area contributed by atoms with Gasteiger partial charge in [0.1, 0.15) is 12.5 Å². The molecule has 3 aromatic rings. The minimum Gasteiger partial charge on any atom is -0.681 e. The van der Waals surface area contributed by atoms with E-state index in [0.717, 1.165) is 81.8 Å². The number of rotatable bonds is 16. The summed E-state index contributed by atoms with van der Waals surface area (Å²) in [4.78, 5) is 56.6. The largest absolute Gasteiger partial charge is 2.00 e. The first-order chi connectivity index (χ1) is 28.2. The summed E-state index contributed by atoms with van der Waals surface area (Å²) >= 11 is 0. The molecule has 6 rings (SSSR count). The quantitative estimate of drug-likeness (QED) is 0.0614. The number of carbonyl (C=O) groups is 3. The van der Waals surface area contributed by atoms with Gasteiger partial charge in [-0.2, -0.15) is 11.4 Å². The Kier molecular flexibility index (Phi) is 15.9. The Bertz CT molecular complexity index is 2280. The number of nitrogens with zero attached hydrogens (tertiary/aromatic N) is 4. The van der Waals surface area contributed by atoms with Crippen molar-refractivity contribution in [2.75, 3.05) is 13.7 Å². The van der Waals surface area contributed by atoms with E-state index in [2.05, 4.69) is 55.0 Å². The number of fused-ring (bicyclic) bond motifs is 8. The number of ether oxygens (including phenoxy) is 2. The van der Waals surface area contributed by atoms with Crippen molar-refractivity contribution in [1.82, 2.24) is 15.0 Å². The summed E-state index contributed by atoms with van der Waals surface area (Å²) in [6.45, 7) is 23.7. The maximum atomic E-state index is 14.3. The smallest absolute Gasteiger partial charge is 0.681 e. The molecule has 0 unspecified atom stereocenters. The van der Waals surface area contributed by atoms with Gasteiger partial charge in [-0.25, -0.2) is 0 Å². The van der Waals surface area contributed by atoms with Gasteiger partial charge in [0.2, 0.25) is 0 Å². The van der Waals surface area contributed by atoms with E-state index in [-0.39, 0.29) is 59.7 Å². The standard InChI is InChI=1S/C50H65N4O5.Mg/c1-12-34-30(7)37-24-39-32(9)36(20-21-43(55)59-23-22-29(6)19-15-18-28(5)17-14-16-27(3)4)47(53-39)45-46(50(57)58-11)49(56)44-33(10)40(54-48(44)45)26-42-35(13-2)31(8)38(52-42)25-41(34)51-37;/h12,22,24,26-28,32,36,46-47H,1,13-21,23,25H2,2-11H3,(H,52,56);/q-3;+2/p-1/b29-22+,39-24-;/t28-,32+,36+,46-,47-;/m1./s1. The summed E-state index contributed by atoms with van der Waals surface area (Å²) in [7, 11) is 1.30. The maximum Gasteiger partial charge on any atom is 2.00 e. The van der Waals surface area contributed by atoms with Gasteiger partial charge in [0.25, 0.3) is 0 Å². The topological polar surface area (TPSA) is 126 Å². The monoisotopic (exact) mass is 824 g/mol. The molecule has 1 aliphatic carbocycles. The number of hydrogen-bond acceptors (Lipinski definition) is 5. The van der Waals surface area contributed by atoms with Crippen LogP contribution in [0.2, 0.25) is 0 Å². The first-order valence-electron chi connectivity index (χ1n) is 21.9. The van der Waals surface area contributed by atoms with Crippen molar-refractivity contribution in [2.24, 2.45) is 29.6 Å². The fraction of sp³-hybridized carbons (Fsp3) is 0.540. The van der Waals surface area contributed by atoms with Gasteiger partial charge in [0.05, 0.1) is 7.11 Å². The van der Waals surface area contributed by atoms with Crippen LogP contribution in [-0.4, -0.2) is 60.5 Å². The number of ketones is 1. The Labute approximate surface area is 373 Å². The molecule has 1 fully saturated rings. The molecular formula is C50H64MgN4O5-2. The average Bonchev–Trinajstić information content (AvgIpc) is 3.94. The summed E-state index contributed by atoms with van der Waals surface area (Å²) < 4.78 is 11.0. The first-order valence-corrected chi connectivity index (χ1v) is 21.9. The van der Waals surface area contributed by atoms with Crippen LogP contribution in [0.3, 0.4) is 0 Å². The van der Waals surface area contributed by atoms with Crippen LogP contribution in [0.5, 0.6) is 0 Å². The third kappa shape index (κ3) is 9.70. The molecule has 3 aliphatic rings. The number of allylic oxidation sites excluding steroid dienone is 2. The molecule has 1 saturated heterocycles. The van der Waals surface area contributed by atoms with Crippen LogP contribution in [0, 0.1) is 50.4 Å². The summed E-state index contributed by atoms with van der Waals surface area (Å²) in [5.41, 5.74) is 11.4. The zero-order valence-corrected chi connectivity index (χ0v) is 39.2. The molecule has 5 heterocycles. The predicted octanol–water partition coefficient (Wildman–Crippen LogP) is 8.13. The fourth-order valence-electron chi connectivity index (χ4n) is 9.55. The Morgan fingerprint density at radius 2 is 1.67 bits per heavy atom. The molecule has 5 atom stereocenters. The Morgan fingerprint density at radius 3 is 2.35 bits per heavy atom. The average molecular weight is 825 g/mol. The molecule has 0 radical (unpaired) electrons. The molecule has 0 saturated carbocycles. The van der Waals surface area contributed by atoms with Crippen LogP contribution in [0.1, 0.15) is 154 Å². The Balaban J connectivity index is 0.00000683. The van der Waals surface area contributed by atoms with Gasteiger partial charge in [-0.05, 0) is 95.1 Å². The minimum atomic E-state index is -1.18. The van der Waals surface area contributed by atoms with Crippen LogP contribution in [0.15, 0.2) is 23.9 Å². The van der Waals surface area contributed by atoms with Gasteiger partial charge in [-0.3, -0.25) is 14.4 Å². The number of Topliss-reactive ketones (excluding diaryl/α,β-unsaturated/α-hetero) is 1. The molecule has 0 N–H and O–H groups in total. The first kappa shape index (κ1) is 47.0. The van der Waals surface area contributed by atoms with Crippen LogP contribution in [0.4, 0.5) is 0 Å². The third-order valence-corrected chi connectivity index (χ3v) is 13.2. The van der Waals surface area contributed by atoms with Crippen molar-refractivity contribution >= 4 is 64.6 Å². The van der Waals surface area contributed by atoms with E-state index < -0.39 is 17.9 Å². The second-order valence-corrected chi connectivity index (χ2v) is 17.7. The molecule has 9 nitrogen and oxygen atoms in total. The normalized spacial score (nSPS) is 21.5. The molecular weight excluding hydrogens is 761 g/mol. The van der Waals surface area contributed by atoms with Crippen molar-refractivity contribution in [3.8, 4) is 0 Å². The number of aromatic nitrogens is 3. The van der Waals surface area contributed by atoms with Crippen molar-refractivity contribution in [3.05, 3.63) is 96.1 Å². The van der Waals surface area contributed by atoms with Crippen molar-refractivity contribution < 1.29 is 23.9 Å². The van der Waals surface area contributed by atoms with Gasteiger partial charge >= 0.3 is 35.0 Å². The van der Waals surface area contributed by atoms with E-state index >= 15 is 0 Å². The Hall–Kier alpha value is -4.02. The molecule has 0 spiro atoms. The van der Waals surface area contributed by atoms with Gasteiger partial charge in [-0.15, -0.1) is 27.8 Å². The van der Waals surface area contributed by atoms with E-state index in [9.17, 15) is 14.4 Å². The fourth-order valence-corrected chi connectivity index (χ4v) is 9.55. The van der Waals surface area contributed by atoms with Crippen LogP contribution >= 0.6 is 0 Å². The number of esters is 2. The molecule has 3 aromatic heterocycles. The number of hydrogen-bond donors (Lipinski definition) is 0. The van der Waals surface area contributed by atoms with Gasteiger partial charge in [0.15, 0.2) is 5.78 Å². The Morgan fingerprint density at radius 1 is 0.950 bits per heavy atom. The van der Waals surface area contributed by atoms with Crippen LogP contribution in [0.25, 0.3) is 29.1 Å². The molecule has 10 heteroatoms. The molecule has 2 aliphatic heterocycles. The second kappa shape index (κ2) is 20.2. The van der Waals surface area contributed by atoms with E-state index in [1.165, 1.54) is 38.4 Å². The van der Waals surface area contributed by atoms with Gasteiger partial charge in [-0.1, -0.05) is 125 Å². The minimum absolute atomic E-state index is 0. The van der Waals surface area contributed by atoms with Crippen molar-refractivity contribution in [2.45, 2.75) is 133 Å². The molecule has 8 bridgehead atoms. The van der Waals surface area contributed by atoms with Crippen LogP contribution < -0.4 is 25.7 Å². The van der Waals surface area contributed by atoms with E-state index in [0.29, 0.717) is 40.2 Å². The maximum absolute atomic E-state index is 14.3. The zero-order chi connectivity index (χ0) is 42.7. The number of carbonyl (C=O) groups excluding carboxylic acids is 3. The number of methoxy groups -OCH3 is 1. The summed E-state index contributed by atoms with van der Waals surface area (Å²) in [6.07, 6.45) is 17.0. The van der Waals surface area contributed by atoms with Crippen LogP contribution in [-0.2, 0) is 31.9 Å². The van der Waals surface area contributed by atoms with E-state index in [4.69, 9.17) is 29.7 Å². The molecule has 0 amide bonds. The zero-order valence-electron chi connectivity index (χ0n) is 37.8. The van der Waals surface area contributed by atoms with E-state index in [1.54, 1.807) is 0 Å².